The molecule has 2 amide bonds. The number of primary amides is 1. The van der Waals surface area contributed by atoms with E-state index in [0.717, 1.165) is 18.7 Å². The summed E-state index contributed by atoms with van der Waals surface area (Å²) in [4.78, 5) is 27.2. The Balaban J connectivity index is 1.55. The maximum absolute atomic E-state index is 12.6. The van der Waals surface area contributed by atoms with Crippen LogP contribution in [-0.2, 0) is 15.7 Å². The fraction of sp³-hybridized carbons (Fsp3) is 0.625. The van der Waals surface area contributed by atoms with Crippen molar-refractivity contribution in [1.29, 1.82) is 0 Å². The quantitative estimate of drug-likeness (QED) is 0.864. The molecule has 2 atom stereocenters. The number of ether oxygens (including phenoxy) is 1. The fourth-order valence-corrected chi connectivity index (χ4v) is 3.56. The van der Waals surface area contributed by atoms with Gasteiger partial charge in [0.1, 0.15) is 11.8 Å². The molecule has 0 radical (unpaired) electrons. The number of amides is 2. The Kier molecular flexibility index (Phi) is 4.77. The Hall–Kier alpha value is -2.03. The summed E-state index contributed by atoms with van der Waals surface area (Å²) in [5.74, 6) is -0.638. The van der Waals surface area contributed by atoms with Crippen molar-refractivity contribution in [1.82, 2.24) is 9.88 Å². The molecule has 3 rings (SSSR count). The van der Waals surface area contributed by atoms with E-state index >= 15 is 0 Å². The minimum absolute atomic E-state index is 0.0108. The van der Waals surface area contributed by atoms with Gasteiger partial charge in [0.15, 0.2) is 0 Å². The van der Waals surface area contributed by atoms with Crippen molar-refractivity contribution in [2.24, 2.45) is 11.7 Å². The van der Waals surface area contributed by atoms with Crippen LogP contribution in [0.4, 0.5) is 13.2 Å². The molecule has 0 aliphatic carbocycles. The second-order valence-corrected chi connectivity index (χ2v) is 6.57. The number of aromatic amines is 1. The molecule has 1 aromatic rings. The van der Waals surface area contributed by atoms with Gasteiger partial charge < -0.3 is 20.4 Å². The first kappa shape index (κ1) is 17.8. The summed E-state index contributed by atoms with van der Waals surface area (Å²) < 4.78 is 43.5. The van der Waals surface area contributed by atoms with E-state index in [1.165, 1.54) is 0 Å². The highest BCUT2D eigenvalue weighted by Crippen LogP contribution is 2.33. The summed E-state index contributed by atoms with van der Waals surface area (Å²) in [6, 6.07) is 0.839. The van der Waals surface area contributed by atoms with Crippen molar-refractivity contribution < 1.29 is 27.5 Å². The van der Waals surface area contributed by atoms with E-state index in [9.17, 15) is 22.8 Å². The Morgan fingerprint density at radius 3 is 2.40 bits per heavy atom. The van der Waals surface area contributed by atoms with Crippen LogP contribution < -0.4 is 5.73 Å². The van der Waals surface area contributed by atoms with E-state index in [-0.39, 0.29) is 17.6 Å². The predicted molar refractivity (Wildman–Crippen MR) is 81.5 cm³/mol. The number of likely N-dealkylation sites (tertiary alicyclic amines) is 1. The third-order valence-corrected chi connectivity index (χ3v) is 4.96. The largest absolute Gasteiger partial charge is 0.431 e. The van der Waals surface area contributed by atoms with Crippen molar-refractivity contribution in [3.8, 4) is 0 Å². The predicted octanol–water partition coefficient (Wildman–Crippen LogP) is 1.92. The van der Waals surface area contributed by atoms with Crippen molar-refractivity contribution in [3.05, 3.63) is 23.5 Å². The van der Waals surface area contributed by atoms with E-state index in [0.29, 0.717) is 32.4 Å². The van der Waals surface area contributed by atoms with Crippen molar-refractivity contribution in [2.45, 2.75) is 44.1 Å². The van der Waals surface area contributed by atoms with E-state index in [2.05, 4.69) is 4.98 Å². The zero-order chi connectivity index (χ0) is 18.2. The van der Waals surface area contributed by atoms with Crippen LogP contribution in [0.25, 0.3) is 0 Å². The molecule has 3 N–H and O–H groups in total. The lowest BCUT2D eigenvalue weighted by Gasteiger charge is -2.34. The van der Waals surface area contributed by atoms with Crippen LogP contribution in [0.15, 0.2) is 12.3 Å². The van der Waals surface area contributed by atoms with Crippen LogP contribution in [0.3, 0.4) is 0 Å². The van der Waals surface area contributed by atoms with Gasteiger partial charge in [0.05, 0.1) is 11.7 Å². The van der Waals surface area contributed by atoms with E-state index in [1.54, 1.807) is 4.90 Å². The second-order valence-electron chi connectivity index (χ2n) is 6.57. The Morgan fingerprint density at radius 2 is 1.88 bits per heavy atom. The highest BCUT2D eigenvalue weighted by molar-refractivity contribution is 5.94. The van der Waals surface area contributed by atoms with E-state index in [1.807, 2.05) is 0 Å². The number of nitrogens with zero attached hydrogens (tertiary/aromatic N) is 1. The molecule has 2 fully saturated rings. The average Bonchev–Trinajstić information content (AvgIpc) is 3.23. The first-order valence-electron chi connectivity index (χ1n) is 8.25. The van der Waals surface area contributed by atoms with Crippen LogP contribution in [-0.4, -0.2) is 47.0 Å². The number of carbonyl (C=O) groups is 2. The highest BCUT2D eigenvalue weighted by atomic mass is 19.4. The van der Waals surface area contributed by atoms with Crippen LogP contribution in [0.1, 0.15) is 41.7 Å². The van der Waals surface area contributed by atoms with Gasteiger partial charge in [-0.25, -0.2) is 0 Å². The first-order chi connectivity index (χ1) is 11.8. The average molecular weight is 359 g/mol. The molecule has 0 bridgehead atoms. The highest BCUT2D eigenvalue weighted by Gasteiger charge is 2.37. The molecule has 3 heterocycles. The molecule has 0 saturated carbocycles. The Morgan fingerprint density at radius 1 is 1.20 bits per heavy atom. The third kappa shape index (κ3) is 3.81. The molecule has 2 saturated heterocycles. The van der Waals surface area contributed by atoms with Gasteiger partial charge >= 0.3 is 6.18 Å². The molecule has 6 nitrogen and oxygen atoms in total. The van der Waals surface area contributed by atoms with Crippen LogP contribution in [0.5, 0.6) is 0 Å². The number of piperidine rings is 1. The monoisotopic (exact) mass is 359 g/mol. The van der Waals surface area contributed by atoms with Crippen LogP contribution in [0.2, 0.25) is 0 Å². The molecular weight excluding hydrogens is 339 g/mol. The molecule has 2 aliphatic heterocycles. The number of nitrogens with one attached hydrogen (secondary N) is 1. The summed E-state index contributed by atoms with van der Waals surface area (Å²) in [5.41, 5.74) is 4.33. The molecule has 2 aliphatic rings. The normalized spacial score (nSPS) is 25.3. The zero-order valence-corrected chi connectivity index (χ0v) is 13.5. The van der Waals surface area contributed by atoms with Gasteiger partial charge in [-0.3, -0.25) is 9.59 Å². The van der Waals surface area contributed by atoms with Gasteiger partial charge in [-0.1, -0.05) is 0 Å². The van der Waals surface area contributed by atoms with Gasteiger partial charge in [0.25, 0.3) is 5.91 Å². The van der Waals surface area contributed by atoms with Gasteiger partial charge in [-0.15, -0.1) is 0 Å². The lowest BCUT2D eigenvalue weighted by atomic mass is 9.89. The summed E-state index contributed by atoms with van der Waals surface area (Å²) >= 11 is 0. The minimum atomic E-state index is -4.50. The lowest BCUT2D eigenvalue weighted by Crippen LogP contribution is -2.41. The molecular formula is C16H20F3N3O3. The molecule has 0 spiro atoms. The number of carbonyl (C=O) groups excluding carboxylic acids is 2. The van der Waals surface area contributed by atoms with Crippen molar-refractivity contribution in [3.63, 3.8) is 0 Å². The maximum atomic E-state index is 12.6. The fourth-order valence-electron chi connectivity index (χ4n) is 3.56. The van der Waals surface area contributed by atoms with Crippen molar-refractivity contribution in [2.75, 3.05) is 13.1 Å². The Labute approximate surface area is 142 Å². The smallest absolute Gasteiger partial charge is 0.367 e. The first-order valence-corrected chi connectivity index (χ1v) is 8.25. The molecule has 25 heavy (non-hydrogen) atoms. The number of hydrogen-bond donors (Lipinski definition) is 2. The molecule has 9 heteroatoms. The van der Waals surface area contributed by atoms with Gasteiger partial charge in [-0.2, -0.15) is 13.2 Å². The van der Waals surface area contributed by atoms with Gasteiger partial charge in [0, 0.05) is 19.3 Å². The molecule has 138 valence electrons. The van der Waals surface area contributed by atoms with Gasteiger partial charge in [-0.05, 0) is 37.7 Å². The number of H-pyrrole nitrogens is 1. The number of aromatic nitrogens is 1. The second kappa shape index (κ2) is 6.70. The topological polar surface area (TPSA) is 88.4 Å². The lowest BCUT2D eigenvalue weighted by molar-refractivity contribution is -0.140. The standard InChI is InChI=1S/C16H20F3N3O3/c17-16(18,19)13-7-10(8-21-13)15(24)22-5-3-9(4-6-22)11-1-2-12(25-11)14(20)23/h7-9,11-12,21H,1-6H2,(H2,20,23)/t11-,12+/m0/s1. The number of rotatable bonds is 3. The van der Waals surface area contributed by atoms with E-state index < -0.39 is 29.8 Å². The van der Waals surface area contributed by atoms with Crippen LogP contribution >= 0.6 is 0 Å². The molecule has 0 aromatic carbocycles. The SMILES string of the molecule is NC(=O)[C@H]1CC[C@@H](C2CCN(C(=O)c3c[nH]c(C(F)(F)F)c3)CC2)O1. The van der Waals surface area contributed by atoms with Crippen molar-refractivity contribution >= 4 is 11.8 Å². The molecule has 0 unspecified atom stereocenters. The number of nitrogens with two attached hydrogens (primary N) is 1. The summed E-state index contributed by atoms with van der Waals surface area (Å²) in [6.45, 7) is 0.911. The number of hydrogen-bond acceptors (Lipinski definition) is 3. The summed E-state index contributed by atoms with van der Waals surface area (Å²) in [7, 11) is 0. The zero-order valence-electron chi connectivity index (χ0n) is 13.5. The minimum Gasteiger partial charge on any atom is -0.367 e. The number of alkyl halides is 3. The number of halogens is 3. The summed E-state index contributed by atoms with van der Waals surface area (Å²) in [5, 5.41) is 0. The summed E-state index contributed by atoms with van der Waals surface area (Å²) in [6.07, 6.45) is -1.22. The van der Waals surface area contributed by atoms with E-state index in [4.69, 9.17) is 10.5 Å². The Bertz CT molecular complexity index is 651. The van der Waals surface area contributed by atoms with Crippen LogP contribution in [0, 0.1) is 5.92 Å². The molecule has 1 aromatic heterocycles. The maximum Gasteiger partial charge on any atom is 0.431 e. The third-order valence-electron chi connectivity index (χ3n) is 4.96. The van der Waals surface area contributed by atoms with Gasteiger partial charge in [0.2, 0.25) is 5.91 Å².